The van der Waals surface area contributed by atoms with E-state index in [0.717, 1.165) is 38.9 Å². The van der Waals surface area contributed by atoms with Crippen LogP contribution in [0.4, 0.5) is 0 Å². The molecule has 4 heteroatoms. The lowest BCUT2D eigenvalue weighted by Crippen LogP contribution is -2.37. The molecule has 2 N–H and O–H groups in total. The van der Waals surface area contributed by atoms with Gasteiger partial charge < -0.3 is 10.4 Å². The smallest absolute Gasteiger partial charge is 0.234 e. The van der Waals surface area contributed by atoms with Crippen LogP contribution in [-0.2, 0) is 4.79 Å². The van der Waals surface area contributed by atoms with E-state index in [2.05, 4.69) is 17.1 Å². The molecule has 3 atom stereocenters. The molecule has 0 aromatic heterocycles. The summed E-state index contributed by atoms with van der Waals surface area (Å²) in [5.74, 6) is 1.16. The van der Waals surface area contributed by atoms with Crippen molar-refractivity contribution in [3.63, 3.8) is 0 Å². The monoisotopic (exact) mass is 226 g/mol. The van der Waals surface area contributed by atoms with Gasteiger partial charge in [-0.05, 0) is 25.2 Å². The number of amides is 1. The molecule has 1 aliphatic heterocycles. The van der Waals surface area contributed by atoms with Gasteiger partial charge in [-0.1, -0.05) is 6.92 Å². The Morgan fingerprint density at radius 2 is 2.25 bits per heavy atom. The molecule has 92 valence electrons. The fraction of sp³-hybridized carbons (Fsp3) is 0.917. The van der Waals surface area contributed by atoms with Crippen molar-refractivity contribution < 1.29 is 9.90 Å². The number of rotatable bonds is 4. The first-order chi connectivity index (χ1) is 7.70. The minimum Gasteiger partial charge on any atom is -0.393 e. The standard InChI is InChI=1S/C12H22N2O2/c1-2-5-13-12(16)8-14-6-9-3-4-11(15)10(9)7-14/h9-11,15H,2-8H2,1H3,(H,13,16). The summed E-state index contributed by atoms with van der Waals surface area (Å²) in [4.78, 5) is 13.7. The molecular formula is C12H22N2O2. The normalized spacial score (nSPS) is 34.0. The molecule has 2 aliphatic rings. The Bertz CT molecular complexity index is 257. The first kappa shape index (κ1) is 11.9. The van der Waals surface area contributed by atoms with Gasteiger partial charge in [0, 0.05) is 25.6 Å². The van der Waals surface area contributed by atoms with Gasteiger partial charge in [-0.3, -0.25) is 9.69 Å². The van der Waals surface area contributed by atoms with Crippen LogP contribution in [0, 0.1) is 11.8 Å². The Morgan fingerprint density at radius 3 is 2.94 bits per heavy atom. The topological polar surface area (TPSA) is 52.6 Å². The largest absolute Gasteiger partial charge is 0.393 e. The van der Waals surface area contributed by atoms with Gasteiger partial charge in [0.25, 0.3) is 0 Å². The Labute approximate surface area is 97.0 Å². The highest BCUT2D eigenvalue weighted by atomic mass is 16.3. The van der Waals surface area contributed by atoms with Crippen molar-refractivity contribution in [3.05, 3.63) is 0 Å². The van der Waals surface area contributed by atoms with Gasteiger partial charge >= 0.3 is 0 Å². The zero-order valence-corrected chi connectivity index (χ0v) is 9.98. The molecule has 0 radical (unpaired) electrons. The molecule has 2 fully saturated rings. The summed E-state index contributed by atoms with van der Waals surface area (Å²) in [6.07, 6.45) is 2.92. The lowest BCUT2D eigenvalue weighted by atomic mass is 10.00. The quantitative estimate of drug-likeness (QED) is 0.721. The van der Waals surface area contributed by atoms with Crippen LogP contribution in [-0.4, -0.2) is 48.2 Å². The van der Waals surface area contributed by atoms with Crippen LogP contribution < -0.4 is 5.32 Å². The fourth-order valence-corrected chi connectivity index (χ4v) is 2.98. The number of aliphatic hydroxyl groups excluding tert-OH is 1. The number of likely N-dealkylation sites (tertiary alicyclic amines) is 1. The van der Waals surface area contributed by atoms with Crippen molar-refractivity contribution in [3.8, 4) is 0 Å². The molecule has 16 heavy (non-hydrogen) atoms. The van der Waals surface area contributed by atoms with Gasteiger partial charge in [0.15, 0.2) is 0 Å². The molecular weight excluding hydrogens is 204 g/mol. The molecule has 0 spiro atoms. The molecule has 1 amide bonds. The maximum atomic E-state index is 11.5. The fourth-order valence-electron chi connectivity index (χ4n) is 2.98. The summed E-state index contributed by atoms with van der Waals surface area (Å²) in [6.45, 7) is 5.20. The van der Waals surface area contributed by atoms with Gasteiger partial charge in [-0.2, -0.15) is 0 Å². The lowest BCUT2D eigenvalue weighted by molar-refractivity contribution is -0.122. The zero-order chi connectivity index (χ0) is 11.5. The van der Waals surface area contributed by atoms with E-state index < -0.39 is 0 Å². The average molecular weight is 226 g/mol. The van der Waals surface area contributed by atoms with Crippen LogP contribution in [0.1, 0.15) is 26.2 Å². The highest BCUT2D eigenvalue weighted by molar-refractivity contribution is 5.78. The van der Waals surface area contributed by atoms with E-state index in [1.54, 1.807) is 0 Å². The van der Waals surface area contributed by atoms with E-state index in [9.17, 15) is 9.90 Å². The summed E-state index contributed by atoms with van der Waals surface area (Å²) in [5, 5.41) is 12.7. The van der Waals surface area contributed by atoms with Crippen molar-refractivity contribution in [1.29, 1.82) is 0 Å². The second-order valence-corrected chi connectivity index (χ2v) is 5.11. The predicted molar refractivity (Wildman–Crippen MR) is 62.0 cm³/mol. The number of aliphatic hydroxyl groups is 1. The van der Waals surface area contributed by atoms with Crippen molar-refractivity contribution >= 4 is 5.91 Å². The van der Waals surface area contributed by atoms with Crippen molar-refractivity contribution in [2.75, 3.05) is 26.2 Å². The Hall–Kier alpha value is -0.610. The number of carbonyl (C=O) groups excluding carboxylic acids is 1. The molecule has 0 bridgehead atoms. The van der Waals surface area contributed by atoms with Crippen molar-refractivity contribution in [2.45, 2.75) is 32.3 Å². The van der Waals surface area contributed by atoms with E-state index in [1.807, 2.05) is 0 Å². The van der Waals surface area contributed by atoms with Crippen LogP contribution in [0.5, 0.6) is 0 Å². The molecule has 0 aromatic rings. The number of carbonyl (C=O) groups is 1. The number of fused-ring (bicyclic) bond motifs is 1. The first-order valence-corrected chi connectivity index (χ1v) is 6.37. The van der Waals surface area contributed by atoms with Gasteiger partial charge in [-0.25, -0.2) is 0 Å². The molecule has 2 rings (SSSR count). The molecule has 1 saturated heterocycles. The molecule has 4 nitrogen and oxygen atoms in total. The minimum absolute atomic E-state index is 0.122. The Kier molecular flexibility index (Phi) is 3.82. The van der Waals surface area contributed by atoms with Crippen LogP contribution >= 0.6 is 0 Å². The van der Waals surface area contributed by atoms with E-state index in [1.165, 1.54) is 0 Å². The number of hydrogen-bond donors (Lipinski definition) is 2. The van der Waals surface area contributed by atoms with Gasteiger partial charge in [0.05, 0.1) is 12.6 Å². The van der Waals surface area contributed by atoms with Crippen LogP contribution in [0.3, 0.4) is 0 Å². The predicted octanol–water partition coefficient (Wildman–Crippen LogP) is 0.215. The van der Waals surface area contributed by atoms with Crippen molar-refractivity contribution in [2.24, 2.45) is 11.8 Å². The minimum atomic E-state index is -0.131. The summed E-state index contributed by atoms with van der Waals surface area (Å²) in [7, 11) is 0. The van der Waals surface area contributed by atoms with Crippen LogP contribution in [0.2, 0.25) is 0 Å². The maximum Gasteiger partial charge on any atom is 0.234 e. The van der Waals surface area contributed by atoms with Gasteiger partial charge in [0.2, 0.25) is 5.91 Å². The van der Waals surface area contributed by atoms with E-state index in [-0.39, 0.29) is 12.0 Å². The second-order valence-electron chi connectivity index (χ2n) is 5.11. The SMILES string of the molecule is CCCNC(=O)CN1CC2CCC(O)C2C1. The van der Waals surface area contributed by atoms with Crippen molar-refractivity contribution in [1.82, 2.24) is 10.2 Å². The van der Waals surface area contributed by atoms with E-state index in [0.29, 0.717) is 18.4 Å². The number of nitrogens with one attached hydrogen (secondary N) is 1. The summed E-state index contributed by atoms with van der Waals surface area (Å²) in [6, 6.07) is 0. The maximum absolute atomic E-state index is 11.5. The molecule has 1 saturated carbocycles. The summed E-state index contributed by atoms with van der Waals surface area (Å²) >= 11 is 0. The summed E-state index contributed by atoms with van der Waals surface area (Å²) in [5.41, 5.74) is 0. The van der Waals surface area contributed by atoms with Crippen LogP contribution in [0.25, 0.3) is 0 Å². The van der Waals surface area contributed by atoms with E-state index >= 15 is 0 Å². The third-order valence-electron chi connectivity index (χ3n) is 3.83. The Morgan fingerprint density at radius 1 is 1.44 bits per heavy atom. The number of nitrogens with zero attached hydrogens (tertiary/aromatic N) is 1. The first-order valence-electron chi connectivity index (χ1n) is 6.37. The third-order valence-corrected chi connectivity index (χ3v) is 3.83. The van der Waals surface area contributed by atoms with Crippen LogP contribution in [0.15, 0.2) is 0 Å². The second kappa shape index (κ2) is 5.15. The number of hydrogen-bond acceptors (Lipinski definition) is 3. The summed E-state index contributed by atoms with van der Waals surface area (Å²) < 4.78 is 0. The lowest BCUT2D eigenvalue weighted by Gasteiger charge is -2.17. The molecule has 0 aromatic carbocycles. The third kappa shape index (κ3) is 2.55. The highest BCUT2D eigenvalue weighted by Crippen LogP contribution is 2.37. The average Bonchev–Trinajstić information content (AvgIpc) is 2.78. The highest BCUT2D eigenvalue weighted by Gasteiger charge is 2.41. The Balaban J connectivity index is 1.75. The molecule has 1 heterocycles. The van der Waals surface area contributed by atoms with E-state index in [4.69, 9.17) is 0 Å². The zero-order valence-electron chi connectivity index (χ0n) is 9.98. The van der Waals surface area contributed by atoms with Gasteiger partial charge in [-0.15, -0.1) is 0 Å². The molecule has 1 aliphatic carbocycles. The molecule has 3 unspecified atom stereocenters. The van der Waals surface area contributed by atoms with Gasteiger partial charge in [0.1, 0.15) is 0 Å².